The number of halogens is 1. The van der Waals surface area contributed by atoms with Gasteiger partial charge in [0.1, 0.15) is 5.82 Å². The molecule has 0 spiro atoms. The minimum absolute atomic E-state index is 0.252. The van der Waals surface area contributed by atoms with E-state index >= 15 is 0 Å². The molecule has 0 amide bonds. The summed E-state index contributed by atoms with van der Waals surface area (Å²) in [6.07, 6.45) is 0.388. The number of rotatable bonds is 9. The summed E-state index contributed by atoms with van der Waals surface area (Å²) in [7, 11) is 0. The SMILES string of the molecule is CCN(CC)CCCN(CC)c1ccc([C@H](C)O)cc1F. The number of benzene rings is 1. The Morgan fingerprint density at radius 2 is 1.76 bits per heavy atom. The number of aliphatic hydroxyl groups excluding tert-OH is 1. The van der Waals surface area contributed by atoms with Crippen LogP contribution in [0.1, 0.15) is 45.8 Å². The summed E-state index contributed by atoms with van der Waals surface area (Å²) in [6, 6.07) is 5.02. The van der Waals surface area contributed by atoms with Crippen molar-refractivity contribution in [3.8, 4) is 0 Å². The van der Waals surface area contributed by atoms with Crippen LogP contribution in [0.15, 0.2) is 18.2 Å². The fourth-order valence-electron chi connectivity index (χ4n) is 2.51. The van der Waals surface area contributed by atoms with Gasteiger partial charge in [-0.05, 0) is 57.6 Å². The molecule has 1 aromatic rings. The van der Waals surface area contributed by atoms with Crippen LogP contribution in [0.4, 0.5) is 10.1 Å². The Morgan fingerprint density at radius 1 is 1.10 bits per heavy atom. The molecular formula is C17H29FN2O. The normalized spacial score (nSPS) is 12.7. The number of anilines is 1. The van der Waals surface area contributed by atoms with Crippen LogP contribution in [-0.4, -0.2) is 42.7 Å². The number of hydrogen-bond acceptors (Lipinski definition) is 3. The second-order valence-electron chi connectivity index (χ2n) is 5.35. The molecule has 0 fully saturated rings. The Bertz CT molecular complexity index is 419. The van der Waals surface area contributed by atoms with Crippen molar-refractivity contribution in [1.29, 1.82) is 0 Å². The van der Waals surface area contributed by atoms with Gasteiger partial charge in [0, 0.05) is 13.1 Å². The van der Waals surface area contributed by atoms with Crippen LogP contribution in [0.5, 0.6) is 0 Å². The molecule has 0 radical (unpaired) electrons. The molecule has 0 bridgehead atoms. The van der Waals surface area contributed by atoms with Gasteiger partial charge < -0.3 is 14.9 Å². The first kappa shape index (κ1) is 17.9. The summed E-state index contributed by atoms with van der Waals surface area (Å²) < 4.78 is 14.2. The highest BCUT2D eigenvalue weighted by molar-refractivity contribution is 5.49. The summed E-state index contributed by atoms with van der Waals surface area (Å²) in [4.78, 5) is 4.44. The van der Waals surface area contributed by atoms with E-state index in [9.17, 15) is 9.50 Å². The van der Waals surface area contributed by atoms with Crippen LogP contribution in [0.2, 0.25) is 0 Å². The summed E-state index contributed by atoms with van der Waals surface area (Å²) in [5.41, 5.74) is 1.25. The zero-order chi connectivity index (χ0) is 15.8. The molecule has 21 heavy (non-hydrogen) atoms. The molecule has 0 heterocycles. The van der Waals surface area contributed by atoms with Gasteiger partial charge >= 0.3 is 0 Å². The van der Waals surface area contributed by atoms with Crippen molar-refractivity contribution >= 4 is 5.69 Å². The molecule has 4 heteroatoms. The predicted molar refractivity (Wildman–Crippen MR) is 87.3 cm³/mol. The minimum atomic E-state index is -0.633. The molecule has 1 N–H and O–H groups in total. The van der Waals surface area contributed by atoms with Crippen molar-refractivity contribution in [2.75, 3.05) is 37.6 Å². The molecule has 1 aromatic carbocycles. The van der Waals surface area contributed by atoms with Gasteiger partial charge in [-0.3, -0.25) is 0 Å². The first-order valence-corrected chi connectivity index (χ1v) is 7.98. The third-order valence-electron chi connectivity index (χ3n) is 3.97. The molecule has 0 aromatic heterocycles. The van der Waals surface area contributed by atoms with Crippen LogP contribution in [-0.2, 0) is 0 Å². The molecular weight excluding hydrogens is 267 g/mol. The fraction of sp³-hybridized carbons (Fsp3) is 0.647. The second kappa shape index (κ2) is 9.00. The third-order valence-corrected chi connectivity index (χ3v) is 3.97. The van der Waals surface area contributed by atoms with Gasteiger partial charge in [0.2, 0.25) is 0 Å². The predicted octanol–water partition coefficient (Wildman–Crippen LogP) is 3.44. The Hall–Kier alpha value is -1.13. The van der Waals surface area contributed by atoms with Crippen molar-refractivity contribution in [2.45, 2.75) is 40.2 Å². The zero-order valence-corrected chi connectivity index (χ0v) is 13.8. The smallest absolute Gasteiger partial charge is 0.146 e. The van der Waals surface area contributed by atoms with E-state index in [0.717, 1.165) is 39.1 Å². The zero-order valence-electron chi connectivity index (χ0n) is 13.8. The van der Waals surface area contributed by atoms with Crippen LogP contribution in [0.25, 0.3) is 0 Å². The topological polar surface area (TPSA) is 26.7 Å². The summed E-state index contributed by atoms with van der Waals surface area (Å²) in [6.45, 7) is 12.8. The maximum Gasteiger partial charge on any atom is 0.146 e. The first-order chi connectivity index (χ1) is 10.0. The summed E-state index contributed by atoms with van der Waals surface area (Å²) in [5, 5.41) is 9.51. The molecule has 0 unspecified atom stereocenters. The van der Waals surface area contributed by atoms with E-state index in [1.54, 1.807) is 19.1 Å². The van der Waals surface area contributed by atoms with Gasteiger partial charge in [-0.15, -0.1) is 0 Å². The summed E-state index contributed by atoms with van der Waals surface area (Å²) >= 11 is 0. The fourth-order valence-corrected chi connectivity index (χ4v) is 2.51. The molecule has 0 saturated carbocycles. The second-order valence-corrected chi connectivity index (χ2v) is 5.35. The quantitative estimate of drug-likeness (QED) is 0.756. The lowest BCUT2D eigenvalue weighted by Crippen LogP contribution is -2.30. The molecule has 0 saturated heterocycles. The van der Waals surface area contributed by atoms with Gasteiger partial charge in [0.25, 0.3) is 0 Å². The third kappa shape index (κ3) is 5.29. The average molecular weight is 296 g/mol. The highest BCUT2D eigenvalue weighted by Crippen LogP contribution is 2.23. The number of nitrogens with zero attached hydrogens (tertiary/aromatic N) is 2. The van der Waals surface area contributed by atoms with Crippen molar-refractivity contribution in [3.63, 3.8) is 0 Å². The van der Waals surface area contributed by atoms with Crippen molar-refractivity contribution in [2.24, 2.45) is 0 Å². The van der Waals surface area contributed by atoms with Crippen LogP contribution >= 0.6 is 0 Å². The summed E-state index contributed by atoms with van der Waals surface area (Å²) in [5.74, 6) is -0.252. The van der Waals surface area contributed by atoms with E-state index in [1.165, 1.54) is 6.07 Å². The van der Waals surface area contributed by atoms with E-state index < -0.39 is 6.10 Å². The molecule has 0 aliphatic rings. The highest BCUT2D eigenvalue weighted by Gasteiger charge is 2.12. The van der Waals surface area contributed by atoms with Crippen LogP contribution < -0.4 is 4.90 Å². The molecule has 120 valence electrons. The van der Waals surface area contributed by atoms with Gasteiger partial charge in [-0.25, -0.2) is 4.39 Å². The van der Waals surface area contributed by atoms with E-state index in [2.05, 4.69) is 23.6 Å². The van der Waals surface area contributed by atoms with E-state index in [4.69, 9.17) is 0 Å². The van der Waals surface area contributed by atoms with E-state index in [-0.39, 0.29) is 5.82 Å². The van der Waals surface area contributed by atoms with Gasteiger partial charge in [-0.1, -0.05) is 19.9 Å². The largest absolute Gasteiger partial charge is 0.389 e. The van der Waals surface area contributed by atoms with E-state index in [0.29, 0.717) is 11.3 Å². The van der Waals surface area contributed by atoms with Gasteiger partial charge in [0.15, 0.2) is 0 Å². The standard InChI is InChI=1S/C17H29FN2O/c1-5-19(6-2)11-8-12-20(7-3)17-10-9-15(14(4)21)13-16(17)18/h9-10,13-14,21H,5-8,11-12H2,1-4H3/t14-/m0/s1. The Labute approximate surface area is 128 Å². The number of hydrogen-bond donors (Lipinski definition) is 1. The highest BCUT2D eigenvalue weighted by atomic mass is 19.1. The average Bonchev–Trinajstić information content (AvgIpc) is 2.48. The monoisotopic (exact) mass is 296 g/mol. The molecule has 0 aliphatic carbocycles. The molecule has 3 nitrogen and oxygen atoms in total. The maximum atomic E-state index is 14.2. The van der Waals surface area contributed by atoms with Crippen LogP contribution in [0, 0.1) is 5.82 Å². The minimum Gasteiger partial charge on any atom is -0.389 e. The van der Waals surface area contributed by atoms with Crippen LogP contribution in [0.3, 0.4) is 0 Å². The Balaban J connectivity index is 2.67. The van der Waals surface area contributed by atoms with Crippen molar-refractivity contribution in [1.82, 2.24) is 4.90 Å². The number of aliphatic hydroxyl groups is 1. The molecule has 1 rings (SSSR count). The lowest BCUT2D eigenvalue weighted by atomic mass is 10.1. The van der Waals surface area contributed by atoms with Crippen molar-refractivity contribution < 1.29 is 9.50 Å². The lowest BCUT2D eigenvalue weighted by Gasteiger charge is -2.26. The van der Waals surface area contributed by atoms with Gasteiger partial charge in [-0.2, -0.15) is 0 Å². The first-order valence-electron chi connectivity index (χ1n) is 7.98. The van der Waals surface area contributed by atoms with Crippen molar-refractivity contribution in [3.05, 3.63) is 29.6 Å². The maximum absolute atomic E-state index is 14.2. The Kier molecular flexibility index (Phi) is 7.68. The lowest BCUT2D eigenvalue weighted by molar-refractivity contribution is 0.199. The Morgan fingerprint density at radius 3 is 2.24 bits per heavy atom. The van der Waals surface area contributed by atoms with Gasteiger partial charge in [0.05, 0.1) is 11.8 Å². The molecule has 0 aliphatic heterocycles. The van der Waals surface area contributed by atoms with E-state index in [1.807, 2.05) is 6.92 Å². The molecule has 1 atom stereocenters.